The third-order valence-electron chi connectivity index (χ3n) is 6.90. The lowest BCUT2D eigenvalue weighted by Crippen LogP contribution is -2.48. The van der Waals surface area contributed by atoms with Crippen LogP contribution in [0.4, 0.5) is 0 Å². The van der Waals surface area contributed by atoms with E-state index in [4.69, 9.17) is 9.47 Å². The Morgan fingerprint density at radius 1 is 1.16 bits per heavy atom. The molecular weight excluding hydrogens is 392 g/mol. The number of hydrogen-bond acceptors (Lipinski definition) is 5. The van der Waals surface area contributed by atoms with E-state index in [1.54, 1.807) is 9.58 Å². The van der Waals surface area contributed by atoms with Crippen molar-refractivity contribution >= 4 is 5.91 Å². The van der Waals surface area contributed by atoms with Crippen LogP contribution in [0.1, 0.15) is 44.2 Å². The minimum Gasteiger partial charge on any atom is -0.454 e. The van der Waals surface area contributed by atoms with E-state index in [-0.39, 0.29) is 12.7 Å². The summed E-state index contributed by atoms with van der Waals surface area (Å²) in [4.78, 5) is 17.4. The molecule has 7 nitrogen and oxygen atoms in total. The predicted octanol–water partition coefficient (Wildman–Crippen LogP) is 3.43. The first kappa shape index (κ1) is 21.7. The van der Waals surface area contributed by atoms with E-state index in [0.717, 1.165) is 35.6 Å². The Hall–Kier alpha value is -2.54. The van der Waals surface area contributed by atoms with Gasteiger partial charge in [0.05, 0.1) is 12.7 Å². The molecule has 3 atom stereocenters. The summed E-state index contributed by atoms with van der Waals surface area (Å²) in [5.74, 6) is 2.94. The second kappa shape index (κ2) is 9.30. The molecule has 1 aliphatic heterocycles. The van der Waals surface area contributed by atoms with Crippen molar-refractivity contribution < 1.29 is 14.3 Å². The van der Waals surface area contributed by atoms with Crippen molar-refractivity contribution in [3.05, 3.63) is 41.7 Å². The molecule has 1 saturated carbocycles. The second-order valence-corrected chi connectivity index (χ2v) is 9.20. The van der Waals surface area contributed by atoms with E-state index < -0.39 is 0 Å². The zero-order valence-electron chi connectivity index (χ0n) is 19.1. The number of carbonyl (C=O) groups excluding carboxylic acids is 1. The number of hydrogen-bond donors (Lipinski definition) is 0. The molecule has 4 rings (SSSR count). The fourth-order valence-corrected chi connectivity index (χ4v) is 4.84. The molecule has 31 heavy (non-hydrogen) atoms. The molecule has 1 aromatic carbocycles. The van der Waals surface area contributed by atoms with Gasteiger partial charge in [0.25, 0.3) is 0 Å². The van der Waals surface area contributed by atoms with Gasteiger partial charge in [0.2, 0.25) is 12.7 Å². The number of rotatable bonds is 7. The van der Waals surface area contributed by atoms with Gasteiger partial charge in [-0.2, -0.15) is 5.10 Å². The number of benzene rings is 1. The van der Waals surface area contributed by atoms with Crippen molar-refractivity contribution in [2.24, 2.45) is 18.9 Å². The Bertz CT molecular complexity index is 912. The summed E-state index contributed by atoms with van der Waals surface area (Å²) in [5.41, 5.74) is 2.19. The fraction of sp³-hybridized carbons (Fsp3) is 0.583. The first-order valence-corrected chi connectivity index (χ1v) is 11.2. The summed E-state index contributed by atoms with van der Waals surface area (Å²) in [6.07, 6.45) is 7.39. The van der Waals surface area contributed by atoms with Crippen LogP contribution in [-0.4, -0.2) is 51.9 Å². The number of aryl methyl sites for hydroxylation is 1. The zero-order valence-corrected chi connectivity index (χ0v) is 19.1. The molecule has 1 aromatic heterocycles. The average Bonchev–Trinajstić information content (AvgIpc) is 3.37. The summed E-state index contributed by atoms with van der Waals surface area (Å²) in [6.45, 7) is 6.66. The van der Waals surface area contributed by atoms with Crippen LogP contribution in [0.3, 0.4) is 0 Å². The van der Waals surface area contributed by atoms with Gasteiger partial charge in [-0.25, -0.2) is 0 Å². The van der Waals surface area contributed by atoms with Crippen molar-refractivity contribution in [3.8, 4) is 11.5 Å². The Balaban J connectivity index is 1.49. The quantitative estimate of drug-likeness (QED) is 0.679. The smallest absolute Gasteiger partial charge is 0.236 e. The van der Waals surface area contributed by atoms with E-state index in [2.05, 4.69) is 36.0 Å². The average molecular weight is 427 g/mol. The number of likely N-dealkylation sites (N-methyl/N-ethyl adjacent to an activating group) is 1. The van der Waals surface area contributed by atoms with E-state index in [1.165, 1.54) is 12.8 Å². The number of carbonyl (C=O) groups is 1. The van der Waals surface area contributed by atoms with Crippen LogP contribution in [0, 0.1) is 11.8 Å². The van der Waals surface area contributed by atoms with Crippen LogP contribution in [0.25, 0.3) is 0 Å². The summed E-state index contributed by atoms with van der Waals surface area (Å²) in [5, 5.41) is 4.21. The van der Waals surface area contributed by atoms with Gasteiger partial charge in [-0.15, -0.1) is 0 Å². The van der Waals surface area contributed by atoms with Crippen LogP contribution in [0.2, 0.25) is 0 Å². The van der Waals surface area contributed by atoms with Gasteiger partial charge in [0.15, 0.2) is 11.5 Å². The lowest BCUT2D eigenvalue weighted by molar-refractivity contribution is -0.133. The molecule has 1 amide bonds. The third-order valence-corrected chi connectivity index (χ3v) is 6.90. The zero-order chi connectivity index (χ0) is 22.0. The number of nitrogens with zero attached hydrogens (tertiary/aromatic N) is 4. The highest BCUT2D eigenvalue weighted by molar-refractivity contribution is 5.78. The molecule has 7 heteroatoms. The molecule has 2 heterocycles. The molecule has 1 aliphatic carbocycles. The van der Waals surface area contributed by atoms with Crippen LogP contribution in [-0.2, 0) is 24.9 Å². The van der Waals surface area contributed by atoms with Crippen molar-refractivity contribution in [2.75, 3.05) is 20.4 Å². The van der Waals surface area contributed by atoms with Gasteiger partial charge in [-0.1, -0.05) is 32.8 Å². The van der Waals surface area contributed by atoms with Gasteiger partial charge in [-0.05, 0) is 36.0 Å². The van der Waals surface area contributed by atoms with Gasteiger partial charge in [0, 0.05) is 45.0 Å². The molecule has 3 unspecified atom stereocenters. The number of fused-ring (bicyclic) bond motifs is 1. The van der Waals surface area contributed by atoms with Gasteiger partial charge >= 0.3 is 0 Å². The minimum absolute atomic E-state index is 0.134. The molecule has 0 N–H and O–H groups in total. The number of ether oxygens (including phenoxy) is 2. The molecular formula is C24H34N4O3. The van der Waals surface area contributed by atoms with E-state index in [9.17, 15) is 4.79 Å². The topological polar surface area (TPSA) is 59.8 Å². The van der Waals surface area contributed by atoms with E-state index >= 15 is 0 Å². The fourth-order valence-electron chi connectivity index (χ4n) is 4.84. The van der Waals surface area contributed by atoms with Gasteiger partial charge in [0.1, 0.15) is 0 Å². The van der Waals surface area contributed by atoms with Crippen molar-refractivity contribution in [1.82, 2.24) is 19.6 Å². The SMILES string of the molecule is CC1CCCC(N(CC(=O)N(C)Cc2cnn(C)c2)Cc2ccc3c(c2)OCO3)C1C. The minimum atomic E-state index is 0.134. The normalized spacial score (nSPS) is 22.7. The first-order chi connectivity index (χ1) is 14.9. The Morgan fingerprint density at radius 2 is 1.97 bits per heavy atom. The van der Waals surface area contributed by atoms with Crippen LogP contribution >= 0.6 is 0 Å². The lowest BCUT2D eigenvalue weighted by atomic mass is 9.77. The predicted molar refractivity (Wildman–Crippen MR) is 119 cm³/mol. The summed E-state index contributed by atoms with van der Waals surface area (Å²) in [6, 6.07) is 6.50. The maximum Gasteiger partial charge on any atom is 0.236 e. The van der Waals surface area contributed by atoms with Crippen molar-refractivity contribution in [1.29, 1.82) is 0 Å². The summed E-state index contributed by atoms with van der Waals surface area (Å²) >= 11 is 0. The maximum absolute atomic E-state index is 13.2. The highest BCUT2D eigenvalue weighted by Gasteiger charge is 2.33. The lowest BCUT2D eigenvalue weighted by Gasteiger charge is -2.42. The Morgan fingerprint density at radius 3 is 2.74 bits per heavy atom. The van der Waals surface area contributed by atoms with E-state index in [1.807, 2.05) is 32.6 Å². The molecule has 2 aromatic rings. The van der Waals surface area contributed by atoms with Gasteiger partial charge < -0.3 is 14.4 Å². The van der Waals surface area contributed by atoms with Crippen LogP contribution in [0.15, 0.2) is 30.6 Å². The molecule has 1 fully saturated rings. The maximum atomic E-state index is 13.2. The van der Waals surface area contributed by atoms with Crippen molar-refractivity contribution in [3.63, 3.8) is 0 Å². The number of amides is 1. The Labute approximate surface area is 184 Å². The summed E-state index contributed by atoms with van der Waals surface area (Å²) in [7, 11) is 3.77. The highest BCUT2D eigenvalue weighted by atomic mass is 16.7. The first-order valence-electron chi connectivity index (χ1n) is 11.2. The molecule has 0 spiro atoms. The summed E-state index contributed by atoms with van der Waals surface area (Å²) < 4.78 is 12.8. The Kier molecular flexibility index (Phi) is 6.51. The molecule has 2 aliphatic rings. The largest absolute Gasteiger partial charge is 0.454 e. The molecule has 0 bridgehead atoms. The highest BCUT2D eigenvalue weighted by Crippen LogP contribution is 2.36. The van der Waals surface area contributed by atoms with Crippen LogP contribution in [0.5, 0.6) is 11.5 Å². The third kappa shape index (κ3) is 5.03. The monoisotopic (exact) mass is 426 g/mol. The second-order valence-electron chi connectivity index (χ2n) is 9.20. The molecule has 0 saturated heterocycles. The van der Waals surface area contributed by atoms with Crippen LogP contribution < -0.4 is 9.47 Å². The standard InChI is InChI=1S/C24H34N4O3/c1-17-6-5-7-21(18(17)2)28(14-19-8-9-22-23(10-19)31-16-30-22)15-24(29)26(3)12-20-11-25-27(4)13-20/h8-11,13,17-18,21H,5-7,12,14-16H2,1-4H3. The molecule has 0 radical (unpaired) electrons. The van der Waals surface area contributed by atoms with Gasteiger partial charge in [-0.3, -0.25) is 14.4 Å². The number of aromatic nitrogens is 2. The van der Waals surface area contributed by atoms with Crippen molar-refractivity contribution in [2.45, 2.75) is 52.2 Å². The van der Waals surface area contributed by atoms with E-state index in [0.29, 0.717) is 31.0 Å². The molecule has 168 valence electrons.